The van der Waals surface area contributed by atoms with E-state index in [0.29, 0.717) is 12.1 Å². The molecular weight excluding hydrogens is 335 g/mol. The summed E-state index contributed by atoms with van der Waals surface area (Å²) in [6.07, 6.45) is 0. The lowest BCUT2D eigenvalue weighted by Crippen LogP contribution is -2.49. The Labute approximate surface area is 130 Å². The molecule has 2 nitrogen and oxygen atoms in total. The van der Waals surface area contributed by atoms with Gasteiger partial charge in [0.2, 0.25) is 0 Å². The number of halogens is 3. The van der Waals surface area contributed by atoms with Crippen molar-refractivity contribution in [3.63, 3.8) is 0 Å². The predicted molar refractivity (Wildman–Crippen MR) is 86.1 cm³/mol. The van der Waals surface area contributed by atoms with E-state index in [1.54, 1.807) is 0 Å². The standard InChI is InChI=1S/C13H19BrN2.2ClH/c1-10-9-16(8-7-15-10)11(2)12-5-3-4-6-13(12)14;;/h3-6,10-11,15H,7-9H2,1-2H3;2*1H. The first-order chi connectivity index (χ1) is 7.68. The second kappa shape index (κ2) is 8.39. The Hall–Kier alpha value is 0.200. The van der Waals surface area contributed by atoms with Gasteiger partial charge in [-0.25, -0.2) is 0 Å². The van der Waals surface area contributed by atoms with E-state index in [9.17, 15) is 0 Å². The average molecular weight is 356 g/mol. The number of nitrogens with zero attached hydrogens (tertiary/aromatic N) is 1. The largest absolute Gasteiger partial charge is 0.312 e. The maximum Gasteiger partial charge on any atom is 0.0332 e. The van der Waals surface area contributed by atoms with Crippen LogP contribution in [0, 0.1) is 0 Å². The van der Waals surface area contributed by atoms with E-state index in [4.69, 9.17) is 0 Å². The van der Waals surface area contributed by atoms with Crippen LogP contribution in [0.25, 0.3) is 0 Å². The molecule has 0 radical (unpaired) electrons. The van der Waals surface area contributed by atoms with E-state index in [1.165, 1.54) is 10.0 Å². The van der Waals surface area contributed by atoms with E-state index in [0.717, 1.165) is 19.6 Å². The van der Waals surface area contributed by atoms with Gasteiger partial charge in [-0.15, -0.1) is 24.8 Å². The zero-order chi connectivity index (χ0) is 11.5. The maximum absolute atomic E-state index is 3.64. The van der Waals surface area contributed by atoms with Crippen LogP contribution in [0.4, 0.5) is 0 Å². The average Bonchev–Trinajstić information content (AvgIpc) is 2.29. The Morgan fingerprint density at radius 2 is 2.00 bits per heavy atom. The van der Waals surface area contributed by atoms with Crippen molar-refractivity contribution in [2.45, 2.75) is 25.9 Å². The number of benzene rings is 1. The second-order valence-corrected chi connectivity index (χ2v) is 5.40. The maximum atomic E-state index is 3.64. The molecule has 2 atom stereocenters. The molecule has 0 aromatic heterocycles. The first kappa shape index (κ1) is 18.2. The van der Waals surface area contributed by atoms with Gasteiger partial charge in [0, 0.05) is 36.2 Å². The third-order valence-corrected chi connectivity index (χ3v) is 4.03. The molecule has 0 bridgehead atoms. The van der Waals surface area contributed by atoms with Gasteiger partial charge in [0.15, 0.2) is 0 Å². The van der Waals surface area contributed by atoms with Gasteiger partial charge in [-0.2, -0.15) is 0 Å². The van der Waals surface area contributed by atoms with E-state index in [-0.39, 0.29) is 24.8 Å². The second-order valence-electron chi connectivity index (χ2n) is 4.55. The summed E-state index contributed by atoms with van der Waals surface area (Å²) in [6.45, 7) is 7.89. The van der Waals surface area contributed by atoms with Crippen molar-refractivity contribution in [3.8, 4) is 0 Å². The highest BCUT2D eigenvalue weighted by atomic mass is 79.9. The third-order valence-electron chi connectivity index (χ3n) is 3.30. The van der Waals surface area contributed by atoms with Crippen molar-refractivity contribution in [2.75, 3.05) is 19.6 Å². The van der Waals surface area contributed by atoms with Crippen molar-refractivity contribution in [3.05, 3.63) is 34.3 Å². The van der Waals surface area contributed by atoms with Crippen LogP contribution in [0.15, 0.2) is 28.7 Å². The summed E-state index contributed by atoms with van der Waals surface area (Å²) in [5.41, 5.74) is 1.39. The van der Waals surface area contributed by atoms with Gasteiger partial charge >= 0.3 is 0 Å². The highest BCUT2D eigenvalue weighted by Gasteiger charge is 2.22. The summed E-state index contributed by atoms with van der Waals surface area (Å²) < 4.78 is 1.22. The van der Waals surface area contributed by atoms with Crippen LogP contribution in [-0.4, -0.2) is 30.6 Å². The normalized spacial score (nSPS) is 21.6. The molecule has 0 aliphatic carbocycles. The predicted octanol–water partition coefficient (Wildman–Crippen LogP) is 3.65. The minimum Gasteiger partial charge on any atom is -0.312 e. The highest BCUT2D eigenvalue weighted by molar-refractivity contribution is 9.10. The molecule has 1 aromatic carbocycles. The van der Waals surface area contributed by atoms with Crippen molar-refractivity contribution < 1.29 is 0 Å². The SMILES string of the molecule is CC1CN(C(C)c2ccccc2Br)CCN1.Cl.Cl. The Bertz CT molecular complexity index is 363. The summed E-state index contributed by atoms with van der Waals surface area (Å²) in [6, 6.07) is 9.60. The van der Waals surface area contributed by atoms with E-state index in [2.05, 4.69) is 64.3 Å². The van der Waals surface area contributed by atoms with E-state index in [1.807, 2.05) is 0 Å². The molecule has 18 heavy (non-hydrogen) atoms. The first-order valence-electron chi connectivity index (χ1n) is 5.90. The minimum atomic E-state index is 0. The van der Waals surface area contributed by atoms with Crippen LogP contribution in [0.5, 0.6) is 0 Å². The Morgan fingerprint density at radius 3 is 2.61 bits per heavy atom. The van der Waals surface area contributed by atoms with Crippen molar-refractivity contribution in [1.29, 1.82) is 0 Å². The fraction of sp³-hybridized carbons (Fsp3) is 0.538. The summed E-state index contributed by atoms with van der Waals surface area (Å²) >= 11 is 3.64. The summed E-state index contributed by atoms with van der Waals surface area (Å²) in [4.78, 5) is 2.54. The summed E-state index contributed by atoms with van der Waals surface area (Å²) in [5.74, 6) is 0. The van der Waals surface area contributed by atoms with Crippen LogP contribution >= 0.6 is 40.7 Å². The molecule has 2 unspecified atom stereocenters. The summed E-state index contributed by atoms with van der Waals surface area (Å²) in [7, 11) is 0. The molecule has 1 heterocycles. The Kier molecular flexibility index (Phi) is 8.48. The van der Waals surface area contributed by atoms with Crippen molar-refractivity contribution in [2.24, 2.45) is 0 Å². The molecule has 0 amide bonds. The zero-order valence-corrected chi connectivity index (χ0v) is 13.9. The zero-order valence-electron chi connectivity index (χ0n) is 10.7. The highest BCUT2D eigenvalue weighted by Crippen LogP contribution is 2.27. The van der Waals surface area contributed by atoms with Crippen LogP contribution in [0.1, 0.15) is 25.5 Å². The molecule has 0 spiro atoms. The van der Waals surface area contributed by atoms with E-state index < -0.39 is 0 Å². The smallest absolute Gasteiger partial charge is 0.0332 e. The first-order valence-corrected chi connectivity index (χ1v) is 6.69. The molecule has 1 aliphatic heterocycles. The molecule has 1 aromatic rings. The van der Waals surface area contributed by atoms with Gasteiger partial charge in [-0.05, 0) is 25.5 Å². The molecule has 0 saturated carbocycles. The fourth-order valence-corrected chi connectivity index (χ4v) is 2.94. The van der Waals surface area contributed by atoms with Crippen molar-refractivity contribution >= 4 is 40.7 Å². The lowest BCUT2D eigenvalue weighted by molar-refractivity contribution is 0.158. The van der Waals surface area contributed by atoms with Gasteiger partial charge in [0.1, 0.15) is 0 Å². The topological polar surface area (TPSA) is 15.3 Å². The van der Waals surface area contributed by atoms with Gasteiger partial charge in [-0.1, -0.05) is 34.1 Å². The molecule has 2 rings (SSSR count). The van der Waals surface area contributed by atoms with Gasteiger partial charge in [0.05, 0.1) is 0 Å². The van der Waals surface area contributed by atoms with Crippen molar-refractivity contribution in [1.82, 2.24) is 10.2 Å². The molecule has 1 aliphatic rings. The number of hydrogen-bond donors (Lipinski definition) is 1. The number of nitrogens with one attached hydrogen (secondary N) is 1. The van der Waals surface area contributed by atoms with Crippen LogP contribution in [0.3, 0.4) is 0 Å². The molecule has 1 saturated heterocycles. The molecule has 1 N–H and O–H groups in total. The van der Waals surface area contributed by atoms with E-state index >= 15 is 0 Å². The third kappa shape index (κ3) is 4.39. The fourth-order valence-electron chi connectivity index (χ4n) is 2.32. The lowest BCUT2D eigenvalue weighted by atomic mass is 10.1. The van der Waals surface area contributed by atoms with Gasteiger partial charge in [0.25, 0.3) is 0 Å². The Balaban J connectivity index is 0.00000144. The minimum absolute atomic E-state index is 0. The van der Waals surface area contributed by atoms with Crippen LogP contribution in [0.2, 0.25) is 0 Å². The summed E-state index contributed by atoms with van der Waals surface area (Å²) in [5, 5.41) is 3.48. The van der Waals surface area contributed by atoms with Gasteiger partial charge < -0.3 is 5.32 Å². The monoisotopic (exact) mass is 354 g/mol. The molecule has 5 heteroatoms. The van der Waals surface area contributed by atoms with Gasteiger partial charge in [-0.3, -0.25) is 4.90 Å². The molecule has 104 valence electrons. The number of piperazine rings is 1. The lowest BCUT2D eigenvalue weighted by Gasteiger charge is -2.36. The van der Waals surface area contributed by atoms with Crippen LogP contribution < -0.4 is 5.32 Å². The van der Waals surface area contributed by atoms with Crippen LogP contribution in [-0.2, 0) is 0 Å². The number of rotatable bonds is 2. The number of hydrogen-bond acceptors (Lipinski definition) is 2. The molecular formula is C13H21BrCl2N2. The molecule has 1 fully saturated rings. The Morgan fingerprint density at radius 1 is 1.33 bits per heavy atom. The quantitative estimate of drug-likeness (QED) is 0.871.